The highest BCUT2D eigenvalue weighted by Gasteiger charge is 2.11. The molecule has 3 N–H and O–H groups in total. The Bertz CT molecular complexity index is 914. The molecule has 2 aromatic rings. The van der Waals surface area contributed by atoms with Crippen molar-refractivity contribution in [3.63, 3.8) is 0 Å². The molecular formula is C26H32O6. The predicted octanol–water partition coefficient (Wildman–Crippen LogP) is 6.76. The van der Waals surface area contributed by atoms with Crippen molar-refractivity contribution < 1.29 is 29.6 Å². The molecule has 32 heavy (non-hydrogen) atoms. The summed E-state index contributed by atoms with van der Waals surface area (Å²) in [4.78, 5) is 21.6. The monoisotopic (exact) mass is 440 g/mol. The maximum Gasteiger partial charge on any atom is 0.339 e. The summed E-state index contributed by atoms with van der Waals surface area (Å²) in [6.45, 7) is 4.23. The summed E-state index contributed by atoms with van der Waals surface area (Å²) in [5, 5.41) is 27.4. The lowest BCUT2D eigenvalue weighted by Crippen LogP contribution is -1.99. The van der Waals surface area contributed by atoms with Crippen molar-refractivity contribution >= 4 is 18.0 Å². The van der Waals surface area contributed by atoms with E-state index in [1.54, 1.807) is 42.7 Å². The van der Waals surface area contributed by atoms with Crippen LogP contribution in [0, 0.1) is 0 Å². The predicted molar refractivity (Wildman–Crippen MR) is 126 cm³/mol. The number of aromatic hydroxyl groups is 1. The molecule has 2 aromatic carbocycles. The first kappa shape index (κ1) is 26.5. The molecule has 0 saturated carbocycles. The molecule has 0 bridgehead atoms. The number of unbranched alkanes of at least 4 members (excludes halogenated alkanes) is 4. The fourth-order valence-electron chi connectivity index (χ4n) is 2.66. The van der Waals surface area contributed by atoms with Gasteiger partial charge in [-0.2, -0.15) is 0 Å². The summed E-state index contributed by atoms with van der Waals surface area (Å²) < 4.78 is 5.28. The van der Waals surface area contributed by atoms with Gasteiger partial charge >= 0.3 is 11.9 Å². The average molecular weight is 441 g/mol. The van der Waals surface area contributed by atoms with Gasteiger partial charge in [0.2, 0.25) is 0 Å². The summed E-state index contributed by atoms with van der Waals surface area (Å²) in [6.07, 6.45) is 13.5. The van der Waals surface area contributed by atoms with Crippen molar-refractivity contribution in [2.75, 3.05) is 0 Å². The van der Waals surface area contributed by atoms with E-state index in [0.29, 0.717) is 11.3 Å². The Balaban J connectivity index is 0.000000320. The van der Waals surface area contributed by atoms with Crippen molar-refractivity contribution in [3.8, 4) is 11.5 Å². The molecule has 6 nitrogen and oxygen atoms in total. The minimum Gasteiger partial charge on any atom is -0.506 e. The van der Waals surface area contributed by atoms with E-state index >= 15 is 0 Å². The maximum atomic E-state index is 10.9. The van der Waals surface area contributed by atoms with E-state index in [1.807, 2.05) is 12.2 Å². The molecule has 0 spiro atoms. The van der Waals surface area contributed by atoms with Crippen LogP contribution in [0.5, 0.6) is 11.5 Å². The highest BCUT2D eigenvalue weighted by molar-refractivity contribution is 5.92. The highest BCUT2D eigenvalue weighted by Crippen LogP contribution is 2.24. The Labute approximate surface area is 189 Å². The van der Waals surface area contributed by atoms with E-state index in [9.17, 15) is 14.7 Å². The lowest BCUT2D eigenvalue weighted by Gasteiger charge is -2.03. The van der Waals surface area contributed by atoms with Gasteiger partial charge in [-0.25, -0.2) is 9.59 Å². The third-order valence-corrected chi connectivity index (χ3v) is 4.45. The molecule has 2 rings (SSSR count). The minimum atomic E-state index is -1.11. The second-order valence-corrected chi connectivity index (χ2v) is 7.03. The van der Waals surface area contributed by atoms with Crippen molar-refractivity contribution in [1.82, 2.24) is 0 Å². The van der Waals surface area contributed by atoms with Crippen LogP contribution >= 0.6 is 0 Å². The van der Waals surface area contributed by atoms with Crippen LogP contribution in [0.25, 0.3) is 6.08 Å². The Morgan fingerprint density at radius 3 is 2.06 bits per heavy atom. The van der Waals surface area contributed by atoms with Crippen LogP contribution in [0.2, 0.25) is 0 Å². The SMILES string of the molecule is CCCC/C=C\c1cccc(C(=O)O)c1O.CCCCC=COc1ccccc1C(=O)O. The second-order valence-electron chi connectivity index (χ2n) is 7.03. The number of ether oxygens (including phenoxy) is 1. The molecule has 6 heteroatoms. The van der Waals surface area contributed by atoms with Crippen molar-refractivity contribution in [2.45, 2.75) is 52.4 Å². The number of hydrogen-bond donors (Lipinski definition) is 3. The van der Waals surface area contributed by atoms with Crippen LogP contribution in [-0.2, 0) is 0 Å². The number of benzene rings is 2. The van der Waals surface area contributed by atoms with Gasteiger partial charge in [-0.1, -0.05) is 69.5 Å². The summed E-state index contributed by atoms with van der Waals surface area (Å²) in [5.41, 5.74) is 0.677. The van der Waals surface area contributed by atoms with Crippen molar-refractivity contribution in [1.29, 1.82) is 0 Å². The van der Waals surface area contributed by atoms with Gasteiger partial charge in [0.1, 0.15) is 22.6 Å². The largest absolute Gasteiger partial charge is 0.506 e. The van der Waals surface area contributed by atoms with Gasteiger partial charge in [-0.05, 0) is 43.5 Å². The number of hydrogen-bond acceptors (Lipinski definition) is 4. The van der Waals surface area contributed by atoms with Crippen LogP contribution < -0.4 is 4.74 Å². The van der Waals surface area contributed by atoms with Crippen LogP contribution in [0.4, 0.5) is 0 Å². The third-order valence-electron chi connectivity index (χ3n) is 4.45. The number of allylic oxidation sites excluding steroid dienone is 2. The Morgan fingerprint density at radius 2 is 1.44 bits per heavy atom. The van der Waals surface area contributed by atoms with E-state index in [0.717, 1.165) is 38.5 Å². The standard InChI is InChI=1S/2C13H16O3/c1-2-3-4-7-10-16-12-9-6-5-8-11(12)13(14)15;1-2-3-4-5-7-10-8-6-9-11(12(10)14)13(15)16/h5-10H,2-4H2,1H3,(H,14,15);5-9,14H,2-4H2,1H3,(H,15,16)/b;7-5-. The first-order chi connectivity index (χ1) is 15.4. The normalized spacial score (nSPS) is 10.7. The fraction of sp³-hybridized carbons (Fsp3) is 0.308. The van der Waals surface area contributed by atoms with Crippen molar-refractivity contribution in [3.05, 3.63) is 77.6 Å². The van der Waals surface area contributed by atoms with Gasteiger partial charge in [0.05, 0.1) is 6.26 Å². The minimum absolute atomic E-state index is 0.0577. The number of aromatic carboxylic acids is 2. The number of rotatable bonds is 11. The van der Waals surface area contributed by atoms with Crippen LogP contribution in [0.3, 0.4) is 0 Å². The summed E-state index contributed by atoms with van der Waals surface area (Å²) >= 11 is 0. The van der Waals surface area contributed by atoms with E-state index < -0.39 is 11.9 Å². The van der Waals surface area contributed by atoms with Gasteiger partial charge in [0.25, 0.3) is 0 Å². The molecule has 0 saturated heterocycles. The lowest BCUT2D eigenvalue weighted by atomic mass is 10.1. The number of para-hydroxylation sites is 2. The Hall–Kier alpha value is -3.54. The fourth-order valence-corrected chi connectivity index (χ4v) is 2.66. The third kappa shape index (κ3) is 9.51. The summed E-state index contributed by atoms with van der Waals surface area (Å²) in [6, 6.07) is 11.3. The van der Waals surface area contributed by atoms with E-state index in [-0.39, 0.29) is 16.9 Å². The van der Waals surface area contributed by atoms with Crippen LogP contribution in [0.15, 0.2) is 60.9 Å². The molecule has 0 aromatic heterocycles. The molecule has 172 valence electrons. The lowest BCUT2D eigenvalue weighted by molar-refractivity contribution is 0.0682. The van der Waals surface area contributed by atoms with Crippen LogP contribution in [-0.4, -0.2) is 27.3 Å². The zero-order valence-corrected chi connectivity index (χ0v) is 18.7. The smallest absolute Gasteiger partial charge is 0.339 e. The zero-order valence-electron chi connectivity index (χ0n) is 18.7. The topological polar surface area (TPSA) is 104 Å². The molecule has 0 heterocycles. The molecule has 0 aliphatic carbocycles. The number of carbonyl (C=O) groups is 2. The van der Waals surface area contributed by atoms with E-state index in [2.05, 4.69) is 13.8 Å². The number of phenols is 1. The second kappa shape index (κ2) is 15.3. The molecule has 0 fully saturated rings. The first-order valence-electron chi connectivity index (χ1n) is 10.8. The average Bonchev–Trinajstić information content (AvgIpc) is 2.78. The molecule has 0 aliphatic rings. The maximum absolute atomic E-state index is 10.9. The van der Waals surface area contributed by atoms with Crippen LogP contribution in [0.1, 0.15) is 78.7 Å². The quantitative estimate of drug-likeness (QED) is 0.263. The van der Waals surface area contributed by atoms with Gasteiger partial charge in [0.15, 0.2) is 0 Å². The van der Waals surface area contributed by atoms with Gasteiger partial charge in [0, 0.05) is 5.56 Å². The molecule has 0 amide bonds. The summed E-state index contributed by atoms with van der Waals surface area (Å²) in [7, 11) is 0. The van der Waals surface area contributed by atoms with Crippen molar-refractivity contribution in [2.24, 2.45) is 0 Å². The molecular weight excluding hydrogens is 408 g/mol. The van der Waals surface area contributed by atoms with Gasteiger partial charge in [-0.3, -0.25) is 0 Å². The van der Waals surface area contributed by atoms with Gasteiger partial charge < -0.3 is 20.1 Å². The number of carboxylic acid groups (broad SMARTS) is 2. The number of carboxylic acids is 2. The van der Waals surface area contributed by atoms with Gasteiger partial charge in [-0.15, -0.1) is 0 Å². The Kier molecular flexibility index (Phi) is 12.7. The first-order valence-corrected chi connectivity index (χ1v) is 10.8. The van der Waals surface area contributed by atoms with E-state index in [1.165, 1.54) is 12.1 Å². The Morgan fingerprint density at radius 1 is 0.844 bits per heavy atom. The highest BCUT2D eigenvalue weighted by atomic mass is 16.5. The molecule has 0 unspecified atom stereocenters. The zero-order chi connectivity index (χ0) is 23.8. The molecule has 0 aliphatic heterocycles. The summed E-state index contributed by atoms with van der Waals surface area (Å²) in [5.74, 6) is -1.87. The molecule has 0 radical (unpaired) electrons. The van der Waals surface area contributed by atoms with E-state index in [4.69, 9.17) is 14.9 Å². The molecule has 0 atom stereocenters.